The van der Waals surface area contributed by atoms with Crippen LogP contribution < -0.4 is 4.74 Å². The van der Waals surface area contributed by atoms with E-state index in [2.05, 4.69) is 42.9 Å². The largest absolute Gasteiger partial charge is 0.496 e. The third-order valence-corrected chi connectivity index (χ3v) is 5.69. The standard InChI is InChI=1S/C19H27ClN4O2S/c1-6-12(3)24(13(4)7-2)17(25)11-27-19-21-18(22-23-19)15-10-14(20)8-9-16(15)26-5/h8-10,12-13H,6-7,11H2,1-5H3,(H,21,22,23)/t12-,13+. The number of thioether (sulfide) groups is 1. The normalized spacial score (nSPS) is 13.3. The molecule has 1 aromatic heterocycles. The Morgan fingerprint density at radius 2 is 1.96 bits per heavy atom. The molecule has 0 bridgehead atoms. The van der Waals surface area contributed by atoms with Gasteiger partial charge in [-0.3, -0.25) is 9.89 Å². The van der Waals surface area contributed by atoms with Crippen molar-refractivity contribution in [1.82, 2.24) is 20.1 Å². The predicted molar refractivity (Wildman–Crippen MR) is 110 cm³/mol. The summed E-state index contributed by atoms with van der Waals surface area (Å²) in [6.07, 6.45) is 1.86. The number of aromatic amines is 1. The molecule has 2 rings (SSSR count). The molecular weight excluding hydrogens is 384 g/mol. The second-order valence-corrected chi connectivity index (χ2v) is 7.79. The van der Waals surface area contributed by atoms with Gasteiger partial charge in [-0.1, -0.05) is 37.2 Å². The molecule has 27 heavy (non-hydrogen) atoms. The monoisotopic (exact) mass is 410 g/mol. The van der Waals surface area contributed by atoms with Crippen LogP contribution in [0.15, 0.2) is 23.4 Å². The number of H-pyrrole nitrogens is 1. The summed E-state index contributed by atoms with van der Waals surface area (Å²) in [6.45, 7) is 8.37. The number of hydrogen-bond acceptors (Lipinski definition) is 5. The first-order valence-electron chi connectivity index (χ1n) is 9.11. The molecule has 0 saturated carbocycles. The van der Waals surface area contributed by atoms with E-state index in [0.717, 1.165) is 18.4 Å². The zero-order valence-electron chi connectivity index (χ0n) is 16.5. The van der Waals surface area contributed by atoms with Crippen LogP contribution in [-0.2, 0) is 4.79 Å². The highest BCUT2D eigenvalue weighted by molar-refractivity contribution is 7.99. The molecule has 1 amide bonds. The smallest absolute Gasteiger partial charge is 0.233 e. The number of ether oxygens (including phenoxy) is 1. The minimum atomic E-state index is 0.107. The molecule has 0 saturated heterocycles. The summed E-state index contributed by atoms with van der Waals surface area (Å²) in [6, 6.07) is 5.74. The molecule has 0 aliphatic rings. The fourth-order valence-electron chi connectivity index (χ4n) is 2.82. The second-order valence-electron chi connectivity index (χ2n) is 6.42. The quantitative estimate of drug-likeness (QED) is 0.609. The molecule has 0 aliphatic heterocycles. The SMILES string of the molecule is CC[C@@H](C)N(C(=O)CSc1n[nH]c(-c2cc(Cl)ccc2OC)n1)[C@@H](C)CC. The van der Waals surface area contributed by atoms with Crippen molar-refractivity contribution >= 4 is 29.3 Å². The summed E-state index contributed by atoms with van der Waals surface area (Å²) in [5.41, 5.74) is 0.733. The van der Waals surface area contributed by atoms with Gasteiger partial charge in [0.05, 0.1) is 18.4 Å². The molecule has 0 aliphatic carbocycles. The van der Waals surface area contributed by atoms with Gasteiger partial charge >= 0.3 is 0 Å². The third kappa shape index (κ3) is 5.39. The molecule has 2 aromatic rings. The van der Waals surface area contributed by atoms with E-state index < -0.39 is 0 Å². The number of hydrogen-bond donors (Lipinski definition) is 1. The Balaban J connectivity index is 2.10. The molecule has 0 radical (unpaired) electrons. The van der Waals surface area contributed by atoms with Crippen LogP contribution in [0.4, 0.5) is 0 Å². The van der Waals surface area contributed by atoms with Gasteiger partial charge in [-0.15, -0.1) is 5.10 Å². The van der Waals surface area contributed by atoms with E-state index in [1.54, 1.807) is 25.3 Å². The first-order chi connectivity index (χ1) is 12.9. The Kier molecular flexibility index (Phi) is 7.98. The van der Waals surface area contributed by atoms with Crippen molar-refractivity contribution in [3.05, 3.63) is 23.2 Å². The van der Waals surface area contributed by atoms with E-state index in [-0.39, 0.29) is 18.0 Å². The average Bonchev–Trinajstić information content (AvgIpc) is 3.15. The van der Waals surface area contributed by atoms with Crippen LogP contribution in [0.25, 0.3) is 11.4 Å². The molecule has 0 spiro atoms. The van der Waals surface area contributed by atoms with Gasteiger partial charge in [0.1, 0.15) is 5.75 Å². The third-order valence-electron chi connectivity index (χ3n) is 4.63. The first kappa shape index (κ1) is 21.6. The maximum absolute atomic E-state index is 12.7. The molecule has 1 aromatic carbocycles. The number of methoxy groups -OCH3 is 1. The predicted octanol–water partition coefficient (Wildman–Crippen LogP) is 4.65. The van der Waals surface area contributed by atoms with Gasteiger partial charge in [0, 0.05) is 17.1 Å². The number of aromatic nitrogens is 3. The van der Waals surface area contributed by atoms with Crippen molar-refractivity contribution < 1.29 is 9.53 Å². The zero-order valence-corrected chi connectivity index (χ0v) is 18.0. The van der Waals surface area contributed by atoms with E-state index in [9.17, 15) is 4.79 Å². The summed E-state index contributed by atoms with van der Waals surface area (Å²) in [5, 5.41) is 8.22. The van der Waals surface area contributed by atoms with Gasteiger partial charge in [0.25, 0.3) is 0 Å². The van der Waals surface area contributed by atoms with E-state index in [4.69, 9.17) is 16.3 Å². The van der Waals surface area contributed by atoms with Crippen molar-refractivity contribution in [3.8, 4) is 17.1 Å². The van der Waals surface area contributed by atoms with Gasteiger partial charge in [-0.2, -0.15) is 0 Å². The highest BCUT2D eigenvalue weighted by Gasteiger charge is 2.24. The lowest BCUT2D eigenvalue weighted by Gasteiger charge is -2.33. The zero-order chi connectivity index (χ0) is 20.0. The highest BCUT2D eigenvalue weighted by atomic mass is 35.5. The van der Waals surface area contributed by atoms with Gasteiger partial charge in [-0.05, 0) is 44.9 Å². The Bertz CT molecular complexity index is 758. The van der Waals surface area contributed by atoms with Crippen LogP contribution in [0.1, 0.15) is 40.5 Å². The lowest BCUT2D eigenvalue weighted by Crippen LogP contribution is -2.45. The van der Waals surface area contributed by atoms with E-state index in [1.165, 1.54) is 11.8 Å². The van der Waals surface area contributed by atoms with Crippen LogP contribution in [0.2, 0.25) is 5.02 Å². The van der Waals surface area contributed by atoms with Crippen molar-refractivity contribution in [1.29, 1.82) is 0 Å². The second kappa shape index (κ2) is 9.99. The maximum Gasteiger partial charge on any atom is 0.233 e. The number of benzene rings is 1. The number of halogens is 1. The Hall–Kier alpha value is -1.73. The summed E-state index contributed by atoms with van der Waals surface area (Å²) < 4.78 is 5.36. The van der Waals surface area contributed by atoms with Crippen LogP contribution >= 0.6 is 23.4 Å². The first-order valence-corrected chi connectivity index (χ1v) is 10.5. The summed E-state index contributed by atoms with van der Waals surface area (Å²) in [4.78, 5) is 19.2. The average molecular weight is 411 g/mol. The number of rotatable bonds is 9. The van der Waals surface area contributed by atoms with Crippen molar-refractivity contribution in [2.24, 2.45) is 0 Å². The number of carbonyl (C=O) groups is 1. The molecule has 148 valence electrons. The van der Waals surface area contributed by atoms with E-state index in [1.807, 2.05) is 4.90 Å². The van der Waals surface area contributed by atoms with Crippen LogP contribution in [0.5, 0.6) is 5.75 Å². The van der Waals surface area contributed by atoms with Crippen molar-refractivity contribution in [3.63, 3.8) is 0 Å². The molecular formula is C19H27ClN4O2S. The molecule has 2 atom stereocenters. The van der Waals surface area contributed by atoms with Gasteiger partial charge in [0.2, 0.25) is 11.1 Å². The molecule has 1 heterocycles. The Labute approximate surface area is 170 Å². The minimum Gasteiger partial charge on any atom is -0.496 e. The Morgan fingerprint density at radius 1 is 1.30 bits per heavy atom. The lowest BCUT2D eigenvalue weighted by molar-refractivity contribution is -0.132. The molecule has 1 N–H and O–H groups in total. The fourth-order valence-corrected chi connectivity index (χ4v) is 3.66. The molecule has 8 heteroatoms. The van der Waals surface area contributed by atoms with Crippen LogP contribution in [-0.4, -0.2) is 50.9 Å². The topological polar surface area (TPSA) is 71.1 Å². The number of carbonyl (C=O) groups excluding carboxylic acids is 1. The van der Waals surface area contributed by atoms with Gasteiger partial charge < -0.3 is 9.64 Å². The van der Waals surface area contributed by atoms with Crippen molar-refractivity contribution in [2.45, 2.75) is 57.8 Å². The summed E-state index contributed by atoms with van der Waals surface area (Å²) >= 11 is 7.41. The van der Waals surface area contributed by atoms with Gasteiger partial charge in [0.15, 0.2) is 5.82 Å². The minimum absolute atomic E-state index is 0.107. The molecule has 0 fully saturated rings. The summed E-state index contributed by atoms with van der Waals surface area (Å²) in [7, 11) is 1.59. The van der Waals surface area contributed by atoms with Crippen LogP contribution in [0.3, 0.4) is 0 Å². The Morgan fingerprint density at radius 3 is 2.56 bits per heavy atom. The maximum atomic E-state index is 12.7. The molecule has 0 unspecified atom stereocenters. The number of nitrogens with one attached hydrogen (secondary N) is 1. The van der Waals surface area contributed by atoms with Gasteiger partial charge in [-0.25, -0.2) is 4.98 Å². The fraction of sp³-hybridized carbons (Fsp3) is 0.526. The molecule has 6 nitrogen and oxygen atoms in total. The van der Waals surface area contributed by atoms with Crippen molar-refractivity contribution in [2.75, 3.05) is 12.9 Å². The van der Waals surface area contributed by atoms with Crippen LogP contribution in [0, 0.1) is 0 Å². The number of amides is 1. The lowest BCUT2D eigenvalue weighted by atomic mass is 10.1. The highest BCUT2D eigenvalue weighted by Crippen LogP contribution is 2.31. The number of nitrogens with zero attached hydrogens (tertiary/aromatic N) is 3. The van der Waals surface area contributed by atoms with E-state index in [0.29, 0.717) is 27.5 Å². The summed E-state index contributed by atoms with van der Waals surface area (Å²) in [5.74, 6) is 1.63. The van der Waals surface area contributed by atoms with E-state index >= 15 is 0 Å².